The van der Waals surface area contributed by atoms with Crippen molar-refractivity contribution in [1.82, 2.24) is 10.1 Å². The Morgan fingerprint density at radius 1 is 1.52 bits per heavy atom. The quantitative estimate of drug-likeness (QED) is 0.606. The van der Waals surface area contributed by atoms with Gasteiger partial charge >= 0.3 is 5.97 Å². The van der Waals surface area contributed by atoms with Crippen LogP contribution in [0.25, 0.3) is 0 Å². The van der Waals surface area contributed by atoms with Crippen molar-refractivity contribution in [1.29, 1.82) is 0 Å². The maximum Gasteiger partial charge on any atom is 0.342 e. The molecule has 21 heavy (non-hydrogen) atoms. The summed E-state index contributed by atoms with van der Waals surface area (Å²) >= 11 is 0. The van der Waals surface area contributed by atoms with E-state index in [0.29, 0.717) is 30.4 Å². The molecule has 2 rings (SSSR count). The van der Waals surface area contributed by atoms with Crippen molar-refractivity contribution in [3.05, 3.63) is 45.6 Å². The van der Waals surface area contributed by atoms with Gasteiger partial charge in [0.1, 0.15) is 5.56 Å². The van der Waals surface area contributed by atoms with E-state index >= 15 is 0 Å². The van der Waals surface area contributed by atoms with Crippen molar-refractivity contribution in [2.45, 2.75) is 13.3 Å². The Hall–Kier alpha value is -2.97. The number of nitrogens with one attached hydrogen (secondary N) is 1. The predicted molar refractivity (Wildman–Crippen MR) is 71.3 cm³/mol. The Morgan fingerprint density at radius 2 is 2.29 bits per heavy atom. The van der Waals surface area contributed by atoms with Crippen LogP contribution in [-0.4, -0.2) is 32.7 Å². The summed E-state index contributed by atoms with van der Waals surface area (Å²) < 4.78 is 4.82. The number of anilines is 1. The average Bonchev–Trinajstić information content (AvgIpc) is 2.84. The van der Waals surface area contributed by atoms with E-state index in [1.54, 1.807) is 6.92 Å². The number of nitrogens with zero attached hydrogens (tertiary/aromatic N) is 3. The Kier molecular flexibility index (Phi) is 4.12. The second-order valence-electron chi connectivity index (χ2n) is 4.20. The molecule has 110 valence electrons. The average molecular weight is 292 g/mol. The van der Waals surface area contributed by atoms with Crippen molar-refractivity contribution < 1.29 is 19.3 Å². The first kappa shape index (κ1) is 14.4. The van der Waals surface area contributed by atoms with Gasteiger partial charge in [-0.25, -0.2) is 4.79 Å². The summed E-state index contributed by atoms with van der Waals surface area (Å²) in [6, 6.07) is 3.85. The van der Waals surface area contributed by atoms with Crippen molar-refractivity contribution in [3.8, 4) is 0 Å². The maximum atomic E-state index is 10.9. The number of aryl methyl sites for hydroxylation is 1. The number of rotatable bonds is 6. The summed E-state index contributed by atoms with van der Waals surface area (Å²) in [7, 11) is 0. The minimum atomic E-state index is -1.34. The molecular formula is C12H12N4O5. The first-order valence-corrected chi connectivity index (χ1v) is 6.02. The van der Waals surface area contributed by atoms with Gasteiger partial charge in [0, 0.05) is 31.6 Å². The topological polar surface area (TPSA) is 131 Å². The van der Waals surface area contributed by atoms with Crippen molar-refractivity contribution >= 4 is 17.3 Å². The fraction of sp³-hybridized carbons (Fsp3) is 0.250. The molecule has 0 saturated carbocycles. The van der Waals surface area contributed by atoms with E-state index in [-0.39, 0.29) is 5.56 Å². The van der Waals surface area contributed by atoms with Gasteiger partial charge in [-0.05, 0) is 12.1 Å². The number of nitro benzene ring substituents is 1. The highest BCUT2D eigenvalue weighted by molar-refractivity contribution is 5.93. The van der Waals surface area contributed by atoms with Gasteiger partial charge in [0.25, 0.3) is 5.69 Å². The lowest BCUT2D eigenvalue weighted by Gasteiger charge is -2.05. The lowest BCUT2D eigenvalue weighted by Crippen LogP contribution is -2.08. The van der Waals surface area contributed by atoms with Gasteiger partial charge in [-0.2, -0.15) is 4.98 Å². The molecule has 0 aliphatic heterocycles. The molecule has 1 heterocycles. The summed E-state index contributed by atoms with van der Waals surface area (Å²) in [6.45, 7) is 2.11. The third-order valence-electron chi connectivity index (χ3n) is 2.67. The number of benzene rings is 1. The Balaban J connectivity index is 2.05. The number of aromatic nitrogens is 2. The standard InChI is InChI=1S/C12H12N4O5/c1-7-14-11(15-21-7)4-5-13-8-2-3-9(12(17)18)10(6-8)16(19)20/h2-3,6,13H,4-5H2,1H3,(H,17,18). The van der Waals surface area contributed by atoms with Crippen LogP contribution < -0.4 is 5.32 Å². The Morgan fingerprint density at radius 3 is 2.86 bits per heavy atom. The lowest BCUT2D eigenvalue weighted by atomic mass is 10.1. The number of hydrogen-bond donors (Lipinski definition) is 2. The molecule has 0 atom stereocenters. The molecule has 1 aromatic carbocycles. The van der Waals surface area contributed by atoms with Crippen LogP contribution in [0, 0.1) is 17.0 Å². The van der Waals surface area contributed by atoms with Crippen LogP contribution in [-0.2, 0) is 6.42 Å². The van der Waals surface area contributed by atoms with Crippen molar-refractivity contribution in [2.24, 2.45) is 0 Å². The van der Waals surface area contributed by atoms with Crippen LogP contribution in [0.15, 0.2) is 22.7 Å². The second kappa shape index (κ2) is 5.99. The van der Waals surface area contributed by atoms with Gasteiger partial charge in [-0.3, -0.25) is 10.1 Å². The number of carboxylic acids is 1. The molecule has 0 saturated heterocycles. The van der Waals surface area contributed by atoms with Gasteiger partial charge in [-0.15, -0.1) is 0 Å². The third kappa shape index (κ3) is 3.53. The molecule has 0 aliphatic rings. The molecule has 9 nitrogen and oxygen atoms in total. The van der Waals surface area contributed by atoms with Gasteiger partial charge in [0.05, 0.1) is 4.92 Å². The molecule has 0 spiro atoms. The fourth-order valence-electron chi connectivity index (χ4n) is 1.74. The number of hydrogen-bond acceptors (Lipinski definition) is 7. The zero-order valence-corrected chi connectivity index (χ0v) is 11.1. The Bertz CT molecular complexity index is 682. The zero-order chi connectivity index (χ0) is 15.4. The third-order valence-corrected chi connectivity index (χ3v) is 2.67. The lowest BCUT2D eigenvalue weighted by molar-refractivity contribution is -0.385. The summed E-state index contributed by atoms with van der Waals surface area (Å²) in [6.07, 6.45) is 0.478. The fourth-order valence-corrected chi connectivity index (χ4v) is 1.74. The van der Waals surface area contributed by atoms with Gasteiger partial charge in [0.15, 0.2) is 5.82 Å². The molecular weight excluding hydrogens is 280 g/mol. The normalized spacial score (nSPS) is 10.3. The van der Waals surface area contributed by atoms with E-state index < -0.39 is 16.6 Å². The summed E-state index contributed by atoms with van der Waals surface area (Å²) in [5.74, 6) is -0.348. The van der Waals surface area contributed by atoms with Crippen LogP contribution in [0.3, 0.4) is 0 Å². The maximum absolute atomic E-state index is 10.9. The van der Waals surface area contributed by atoms with E-state index in [2.05, 4.69) is 15.5 Å². The highest BCUT2D eigenvalue weighted by Gasteiger charge is 2.19. The Labute approximate surface area is 118 Å². The molecule has 0 bridgehead atoms. The van der Waals surface area contributed by atoms with Crippen molar-refractivity contribution in [2.75, 3.05) is 11.9 Å². The minimum absolute atomic E-state index is 0.348. The monoisotopic (exact) mass is 292 g/mol. The predicted octanol–water partition coefficient (Wildman–Crippen LogP) is 1.64. The minimum Gasteiger partial charge on any atom is -0.477 e. The molecule has 1 aromatic heterocycles. The number of carboxylic acid groups (broad SMARTS) is 1. The van der Waals surface area contributed by atoms with Gasteiger partial charge in [0.2, 0.25) is 5.89 Å². The first-order chi connectivity index (χ1) is 9.97. The van der Waals surface area contributed by atoms with E-state index in [1.807, 2.05) is 0 Å². The van der Waals surface area contributed by atoms with Crippen LogP contribution in [0.4, 0.5) is 11.4 Å². The summed E-state index contributed by atoms with van der Waals surface area (Å²) in [5.41, 5.74) is -0.353. The molecule has 0 unspecified atom stereocenters. The number of nitro groups is 1. The van der Waals surface area contributed by atoms with E-state index in [1.165, 1.54) is 18.2 Å². The molecule has 2 N–H and O–H groups in total. The van der Waals surface area contributed by atoms with E-state index in [0.717, 1.165) is 0 Å². The largest absolute Gasteiger partial charge is 0.477 e. The van der Waals surface area contributed by atoms with Crippen molar-refractivity contribution in [3.63, 3.8) is 0 Å². The molecule has 2 aromatic rings. The smallest absolute Gasteiger partial charge is 0.342 e. The zero-order valence-electron chi connectivity index (χ0n) is 11.1. The number of aromatic carboxylic acids is 1. The molecule has 0 amide bonds. The highest BCUT2D eigenvalue weighted by Crippen LogP contribution is 2.23. The highest BCUT2D eigenvalue weighted by atomic mass is 16.6. The first-order valence-electron chi connectivity index (χ1n) is 6.02. The van der Waals surface area contributed by atoms with Gasteiger partial charge in [-0.1, -0.05) is 5.16 Å². The van der Waals surface area contributed by atoms with Crippen LogP contribution in [0.2, 0.25) is 0 Å². The molecule has 0 aliphatic carbocycles. The summed E-state index contributed by atoms with van der Waals surface area (Å²) in [4.78, 5) is 25.0. The van der Waals surface area contributed by atoms with Gasteiger partial charge < -0.3 is 14.9 Å². The second-order valence-corrected chi connectivity index (χ2v) is 4.20. The van der Waals surface area contributed by atoms with E-state index in [9.17, 15) is 14.9 Å². The molecule has 9 heteroatoms. The van der Waals surface area contributed by atoms with Crippen LogP contribution >= 0.6 is 0 Å². The molecule has 0 fully saturated rings. The van der Waals surface area contributed by atoms with Crippen LogP contribution in [0.1, 0.15) is 22.1 Å². The number of carbonyl (C=O) groups is 1. The summed E-state index contributed by atoms with van der Waals surface area (Å²) in [5, 5.41) is 26.4. The SMILES string of the molecule is Cc1nc(CCNc2ccc(C(=O)O)c([N+](=O)[O-])c2)no1. The van der Waals surface area contributed by atoms with Crippen LogP contribution in [0.5, 0.6) is 0 Å². The van der Waals surface area contributed by atoms with E-state index in [4.69, 9.17) is 9.63 Å². The molecule has 0 radical (unpaired) electrons.